The Morgan fingerprint density at radius 1 is 1.31 bits per heavy atom. The molecule has 2 N–H and O–H groups in total. The van der Waals surface area contributed by atoms with Crippen molar-refractivity contribution >= 4 is 22.8 Å². The number of fused-ring (bicyclic) bond motifs is 1. The van der Waals surface area contributed by atoms with E-state index in [0.717, 1.165) is 29.8 Å². The summed E-state index contributed by atoms with van der Waals surface area (Å²) < 4.78 is 8.39. The van der Waals surface area contributed by atoms with Crippen molar-refractivity contribution in [2.24, 2.45) is 7.05 Å². The first-order valence-corrected chi connectivity index (χ1v) is 8.40. The maximum Gasteiger partial charge on any atom is 0.258 e. The number of rotatable bonds is 8. The van der Waals surface area contributed by atoms with Crippen LogP contribution in [0.15, 0.2) is 18.7 Å². The van der Waals surface area contributed by atoms with Gasteiger partial charge in [0.15, 0.2) is 5.65 Å². The van der Waals surface area contributed by atoms with Crippen LogP contribution < -0.4 is 15.4 Å². The quantitative estimate of drug-likeness (QED) is 0.613. The third kappa shape index (κ3) is 3.58. The number of anilines is 1. The van der Waals surface area contributed by atoms with Crippen molar-refractivity contribution in [1.29, 1.82) is 0 Å². The molecule has 0 bridgehead atoms. The van der Waals surface area contributed by atoms with E-state index in [9.17, 15) is 4.79 Å². The second-order valence-corrected chi connectivity index (χ2v) is 5.74. The minimum atomic E-state index is -0.244. The maximum atomic E-state index is 12.3. The smallest absolute Gasteiger partial charge is 0.258 e. The van der Waals surface area contributed by atoms with Gasteiger partial charge in [-0.05, 0) is 6.42 Å². The first-order valence-electron chi connectivity index (χ1n) is 8.40. The summed E-state index contributed by atoms with van der Waals surface area (Å²) in [5.74, 6) is 0.826. The van der Waals surface area contributed by atoms with Crippen molar-refractivity contribution in [3.63, 3.8) is 0 Å². The number of aryl methyl sites for hydroxylation is 1. The van der Waals surface area contributed by atoms with Crippen LogP contribution in [0.25, 0.3) is 11.0 Å². The Hall–Kier alpha value is -3.17. The number of methoxy groups -OCH3 is 1. The standard InChI is InChI=1S/C16H22N8O2/c1-4-5-17-13-11-8-21-24(14(11)20-10-19-13)7-6-18-15(25)12-9-23(2)22-16(12)26-3/h8-10H,4-7H2,1-3H3,(H,18,25)(H,17,19,20). The number of ether oxygens (including phenoxy) is 1. The first kappa shape index (κ1) is 17.6. The van der Waals surface area contributed by atoms with Crippen LogP contribution in [-0.4, -0.2) is 55.6 Å². The topological polar surface area (TPSA) is 112 Å². The Kier molecular flexibility index (Phi) is 5.30. The third-order valence-corrected chi connectivity index (χ3v) is 3.82. The van der Waals surface area contributed by atoms with Crippen molar-refractivity contribution in [1.82, 2.24) is 34.8 Å². The van der Waals surface area contributed by atoms with Crippen LogP contribution in [0.4, 0.5) is 5.82 Å². The molecule has 0 atom stereocenters. The molecule has 0 aromatic carbocycles. The second kappa shape index (κ2) is 7.81. The Morgan fingerprint density at radius 2 is 2.15 bits per heavy atom. The lowest BCUT2D eigenvalue weighted by Crippen LogP contribution is -2.27. The molecule has 0 saturated heterocycles. The summed E-state index contributed by atoms with van der Waals surface area (Å²) in [6, 6.07) is 0. The third-order valence-electron chi connectivity index (χ3n) is 3.82. The summed E-state index contributed by atoms with van der Waals surface area (Å²) in [5, 5.41) is 15.4. The molecule has 10 nitrogen and oxygen atoms in total. The van der Waals surface area contributed by atoms with Crippen molar-refractivity contribution in [3.05, 3.63) is 24.3 Å². The Morgan fingerprint density at radius 3 is 2.92 bits per heavy atom. The van der Waals surface area contributed by atoms with Gasteiger partial charge in [-0.15, -0.1) is 5.10 Å². The molecule has 1 amide bonds. The number of aromatic nitrogens is 6. The summed E-state index contributed by atoms with van der Waals surface area (Å²) in [5.41, 5.74) is 1.13. The average molecular weight is 358 g/mol. The molecule has 0 fully saturated rings. The van der Waals surface area contributed by atoms with Gasteiger partial charge < -0.3 is 15.4 Å². The minimum absolute atomic E-state index is 0.244. The second-order valence-electron chi connectivity index (χ2n) is 5.74. The van der Waals surface area contributed by atoms with E-state index in [1.54, 1.807) is 24.1 Å². The molecule has 0 aliphatic heterocycles. The van der Waals surface area contributed by atoms with Gasteiger partial charge in [-0.25, -0.2) is 14.6 Å². The van der Waals surface area contributed by atoms with Gasteiger partial charge in [0.25, 0.3) is 5.91 Å². The lowest BCUT2D eigenvalue weighted by Gasteiger charge is -2.07. The van der Waals surface area contributed by atoms with Gasteiger partial charge in [0.2, 0.25) is 5.88 Å². The number of carbonyl (C=O) groups is 1. The van der Waals surface area contributed by atoms with Crippen molar-refractivity contribution in [2.75, 3.05) is 25.5 Å². The Bertz CT molecular complexity index is 901. The van der Waals surface area contributed by atoms with Crippen LogP contribution in [0.5, 0.6) is 5.88 Å². The molecule has 3 heterocycles. The van der Waals surface area contributed by atoms with Gasteiger partial charge in [-0.2, -0.15) is 5.10 Å². The largest absolute Gasteiger partial charge is 0.479 e. The molecule has 0 unspecified atom stereocenters. The van der Waals surface area contributed by atoms with E-state index in [4.69, 9.17) is 4.74 Å². The van der Waals surface area contributed by atoms with Gasteiger partial charge in [-0.3, -0.25) is 9.48 Å². The monoisotopic (exact) mass is 358 g/mol. The van der Waals surface area contributed by atoms with E-state index in [1.807, 2.05) is 0 Å². The highest BCUT2D eigenvalue weighted by Crippen LogP contribution is 2.18. The molecule has 138 valence electrons. The van der Waals surface area contributed by atoms with Gasteiger partial charge in [0.1, 0.15) is 17.7 Å². The molecule has 3 aromatic rings. The van der Waals surface area contributed by atoms with E-state index >= 15 is 0 Å². The van der Waals surface area contributed by atoms with Crippen molar-refractivity contribution < 1.29 is 9.53 Å². The molecule has 0 spiro atoms. The summed E-state index contributed by atoms with van der Waals surface area (Å²) in [4.78, 5) is 20.9. The molecule has 0 radical (unpaired) electrons. The molecule has 3 aromatic heterocycles. The van der Waals surface area contributed by atoms with Gasteiger partial charge in [0, 0.05) is 26.3 Å². The fourth-order valence-corrected chi connectivity index (χ4v) is 2.59. The van der Waals surface area contributed by atoms with Crippen LogP contribution in [0, 0.1) is 0 Å². The zero-order valence-corrected chi connectivity index (χ0v) is 15.1. The molecular weight excluding hydrogens is 336 g/mol. The molecular formula is C16H22N8O2. The summed E-state index contributed by atoms with van der Waals surface area (Å²) >= 11 is 0. The predicted molar refractivity (Wildman–Crippen MR) is 96.2 cm³/mol. The number of amides is 1. The number of carbonyl (C=O) groups excluding carboxylic acids is 1. The van der Waals surface area contributed by atoms with Crippen LogP contribution in [0.1, 0.15) is 23.7 Å². The number of nitrogens with one attached hydrogen (secondary N) is 2. The molecule has 26 heavy (non-hydrogen) atoms. The average Bonchev–Trinajstić information content (AvgIpc) is 3.23. The fourth-order valence-electron chi connectivity index (χ4n) is 2.59. The zero-order valence-electron chi connectivity index (χ0n) is 15.1. The first-order chi connectivity index (χ1) is 12.6. The van der Waals surface area contributed by atoms with Crippen LogP contribution in [-0.2, 0) is 13.6 Å². The van der Waals surface area contributed by atoms with E-state index in [0.29, 0.717) is 24.5 Å². The van der Waals surface area contributed by atoms with E-state index < -0.39 is 0 Å². The summed E-state index contributed by atoms with van der Waals surface area (Å²) in [7, 11) is 3.22. The van der Waals surface area contributed by atoms with E-state index in [2.05, 4.69) is 37.7 Å². The molecule has 3 rings (SSSR count). The predicted octanol–water partition coefficient (Wildman–Crippen LogP) is 0.820. The lowest BCUT2D eigenvalue weighted by atomic mass is 10.3. The maximum absolute atomic E-state index is 12.3. The summed E-state index contributed by atoms with van der Waals surface area (Å²) in [6.45, 7) is 3.81. The lowest BCUT2D eigenvalue weighted by molar-refractivity contribution is 0.0949. The highest BCUT2D eigenvalue weighted by Gasteiger charge is 2.16. The Labute approximate surface area is 150 Å². The Balaban J connectivity index is 1.65. The highest BCUT2D eigenvalue weighted by molar-refractivity contribution is 5.96. The molecule has 10 heteroatoms. The van der Waals surface area contributed by atoms with E-state index in [1.165, 1.54) is 18.1 Å². The van der Waals surface area contributed by atoms with Crippen molar-refractivity contribution in [3.8, 4) is 5.88 Å². The fraction of sp³-hybridized carbons (Fsp3) is 0.438. The molecule has 0 saturated carbocycles. The van der Waals surface area contributed by atoms with Gasteiger partial charge >= 0.3 is 0 Å². The number of hydrogen-bond donors (Lipinski definition) is 2. The zero-order chi connectivity index (χ0) is 18.5. The minimum Gasteiger partial charge on any atom is -0.479 e. The molecule has 0 aliphatic rings. The van der Waals surface area contributed by atoms with Crippen LogP contribution in [0.3, 0.4) is 0 Å². The van der Waals surface area contributed by atoms with Gasteiger partial charge in [0.05, 0.1) is 25.2 Å². The SMILES string of the molecule is CCCNc1ncnc2c1cnn2CCNC(=O)c1cn(C)nc1OC. The van der Waals surface area contributed by atoms with Crippen LogP contribution in [0.2, 0.25) is 0 Å². The number of nitrogens with zero attached hydrogens (tertiary/aromatic N) is 6. The van der Waals surface area contributed by atoms with Crippen molar-refractivity contribution in [2.45, 2.75) is 19.9 Å². The normalized spacial score (nSPS) is 10.9. The molecule has 0 aliphatic carbocycles. The van der Waals surface area contributed by atoms with Crippen LogP contribution >= 0.6 is 0 Å². The highest BCUT2D eigenvalue weighted by atomic mass is 16.5. The van der Waals surface area contributed by atoms with E-state index in [-0.39, 0.29) is 5.91 Å². The summed E-state index contributed by atoms with van der Waals surface area (Å²) in [6.07, 6.45) is 5.87. The van der Waals surface area contributed by atoms with Gasteiger partial charge in [-0.1, -0.05) is 6.92 Å². The number of hydrogen-bond acceptors (Lipinski definition) is 7.